The number of carboxylic acid groups (broad SMARTS) is 1. The number of alkyl halides is 3. The van der Waals surface area contributed by atoms with Crippen LogP contribution in [0.15, 0.2) is 17.1 Å². The number of carbonyl (C=O) groups is 1. The van der Waals surface area contributed by atoms with Crippen LogP contribution in [0.4, 0.5) is 17.6 Å². The zero-order valence-electron chi connectivity index (χ0n) is 12.2. The highest BCUT2D eigenvalue weighted by molar-refractivity contribution is 5.95. The van der Waals surface area contributed by atoms with Gasteiger partial charge in [-0.25, -0.2) is 13.6 Å². The molecule has 3 rings (SSSR count). The first kappa shape index (κ1) is 16.3. The monoisotopic (exact) mass is 345 g/mol. The van der Waals surface area contributed by atoms with Crippen LogP contribution in [-0.2, 0) is 0 Å². The third-order valence-corrected chi connectivity index (χ3v) is 3.93. The first-order valence-corrected chi connectivity index (χ1v) is 6.92. The number of fused-ring (bicyclic) bond motifs is 1. The van der Waals surface area contributed by atoms with E-state index >= 15 is 0 Å². The van der Waals surface area contributed by atoms with Gasteiger partial charge in [-0.1, -0.05) is 0 Å². The Kier molecular flexibility index (Phi) is 3.73. The second kappa shape index (κ2) is 5.50. The predicted octanol–water partition coefficient (Wildman–Crippen LogP) is 3.03. The Balaban J connectivity index is 2.45. The molecular formula is C15H11F4NO4. The molecule has 128 valence electrons. The quantitative estimate of drug-likeness (QED) is 0.865. The summed E-state index contributed by atoms with van der Waals surface area (Å²) in [6.07, 6.45) is -0.406. The molecule has 9 heteroatoms. The van der Waals surface area contributed by atoms with Crippen LogP contribution < -0.4 is 10.2 Å². The molecule has 24 heavy (non-hydrogen) atoms. The van der Waals surface area contributed by atoms with E-state index in [0.29, 0.717) is 0 Å². The van der Waals surface area contributed by atoms with E-state index in [-0.39, 0.29) is 17.5 Å². The van der Waals surface area contributed by atoms with Crippen molar-refractivity contribution in [2.24, 2.45) is 0 Å². The maximum absolute atomic E-state index is 14.0. The van der Waals surface area contributed by atoms with Gasteiger partial charge in [-0.3, -0.25) is 4.79 Å². The number of rotatable bonds is 4. The number of pyridine rings is 1. The normalized spacial score (nSPS) is 19.8. The van der Waals surface area contributed by atoms with Crippen LogP contribution in [0, 0.1) is 12.7 Å². The van der Waals surface area contributed by atoms with Crippen LogP contribution in [0.3, 0.4) is 0 Å². The highest BCUT2D eigenvalue weighted by atomic mass is 19.3. The summed E-state index contributed by atoms with van der Waals surface area (Å²) >= 11 is 0. The minimum Gasteiger partial charge on any atom is -0.477 e. The Bertz CT molecular complexity index is 909. The molecule has 0 radical (unpaired) electrons. The number of aromatic nitrogens is 1. The van der Waals surface area contributed by atoms with Crippen molar-refractivity contribution in [2.45, 2.75) is 32.2 Å². The molecule has 0 saturated heterocycles. The van der Waals surface area contributed by atoms with E-state index in [1.165, 1.54) is 6.92 Å². The van der Waals surface area contributed by atoms with Gasteiger partial charge < -0.3 is 14.4 Å². The Hall–Kier alpha value is -2.58. The molecule has 1 aromatic carbocycles. The lowest BCUT2D eigenvalue weighted by molar-refractivity contribution is -0.0496. The fraction of sp³-hybridized carbons (Fsp3) is 0.333. The maximum atomic E-state index is 14.0. The van der Waals surface area contributed by atoms with Crippen LogP contribution >= 0.6 is 0 Å². The van der Waals surface area contributed by atoms with Gasteiger partial charge in [0.15, 0.2) is 5.75 Å². The van der Waals surface area contributed by atoms with Crippen molar-refractivity contribution in [1.29, 1.82) is 0 Å². The lowest BCUT2D eigenvalue weighted by Gasteiger charge is -2.17. The summed E-state index contributed by atoms with van der Waals surface area (Å²) in [6, 6.07) is -0.0692. The molecule has 1 N–H and O–H groups in total. The minimum atomic E-state index is -3.29. The lowest BCUT2D eigenvalue weighted by Crippen LogP contribution is -2.20. The van der Waals surface area contributed by atoms with Crippen molar-refractivity contribution in [3.8, 4) is 5.75 Å². The Labute approximate surface area is 132 Å². The molecule has 0 spiro atoms. The van der Waals surface area contributed by atoms with Crippen LogP contribution in [0.1, 0.15) is 28.4 Å². The average Bonchev–Trinajstić information content (AvgIpc) is 3.21. The highest BCUT2D eigenvalue weighted by Gasteiger charge is 2.41. The van der Waals surface area contributed by atoms with Gasteiger partial charge >= 0.3 is 12.6 Å². The molecule has 5 nitrogen and oxygen atoms in total. The van der Waals surface area contributed by atoms with Gasteiger partial charge in [-0.05, 0) is 13.0 Å². The van der Waals surface area contributed by atoms with Crippen molar-refractivity contribution < 1.29 is 32.2 Å². The topological polar surface area (TPSA) is 68.5 Å². The number of aromatic carboxylic acids is 1. The second-order valence-electron chi connectivity index (χ2n) is 5.49. The van der Waals surface area contributed by atoms with Crippen LogP contribution in [-0.4, -0.2) is 28.4 Å². The zero-order valence-corrected chi connectivity index (χ0v) is 12.2. The fourth-order valence-corrected chi connectivity index (χ4v) is 2.64. The van der Waals surface area contributed by atoms with E-state index in [1.807, 2.05) is 0 Å². The molecule has 1 fully saturated rings. The van der Waals surface area contributed by atoms with E-state index in [9.17, 15) is 27.2 Å². The fourth-order valence-electron chi connectivity index (χ4n) is 2.64. The third-order valence-electron chi connectivity index (χ3n) is 3.93. The van der Waals surface area contributed by atoms with Gasteiger partial charge in [-0.15, -0.1) is 0 Å². The number of halogens is 4. The summed E-state index contributed by atoms with van der Waals surface area (Å²) in [5, 5.41) is 8.65. The van der Waals surface area contributed by atoms with E-state index in [0.717, 1.165) is 16.8 Å². The smallest absolute Gasteiger partial charge is 0.387 e. The number of nitrogens with zero attached hydrogens (tertiary/aromatic N) is 1. The van der Waals surface area contributed by atoms with Gasteiger partial charge in [0.05, 0.1) is 16.9 Å². The van der Waals surface area contributed by atoms with Gasteiger partial charge in [0.2, 0.25) is 5.43 Å². The molecule has 0 unspecified atom stereocenters. The summed E-state index contributed by atoms with van der Waals surface area (Å²) < 4.78 is 58.3. The van der Waals surface area contributed by atoms with E-state index in [1.54, 1.807) is 0 Å². The van der Waals surface area contributed by atoms with E-state index in [4.69, 9.17) is 5.11 Å². The summed E-state index contributed by atoms with van der Waals surface area (Å²) in [4.78, 5) is 23.5. The molecule has 0 amide bonds. The molecule has 0 bridgehead atoms. The molecule has 1 aliphatic carbocycles. The van der Waals surface area contributed by atoms with Crippen molar-refractivity contribution in [2.75, 3.05) is 0 Å². The number of benzene rings is 1. The summed E-state index contributed by atoms with van der Waals surface area (Å²) in [7, 11) is 0. The lowest BCUT2D eigenvalue weighted by atomic mass is 10.1. The summed E-state index contributed by atoms with van der Waals surface area (Å²) in [5.41, 5.74) is -2.28. The van der Waals surface area contributed by atoms with Gasteiger partial charge in [0, 0.05) is 18.2 Å². The molecule has 2 aromatic rings. The number of ether oxygens (including phenoxy) is 1. The minimum absolute atomic E-state index is 0.0293. The van der Waals surface area contributed by atoms with Crippen molar-refractivity contribution in [1.82, 2.24) is 4.57 Å². The van der Waals surface area contributed by atoms with E-state index in [2.05, 4.69) is 4.74 Å². The molecule has 0 aliphatic heterocycles. The highest BCUT2D eigenvalue weighted by Crippen LogP contribution is 2.43. The largest absolute Gasteiger partial charge is 0.477 e. The van der Waals surface area contributed by atoms with Crippen molar-refractivity contribution in [3.63, 3.8) is 0 Å². The Morgan fingerprint density at radius 1 is 1.46 bits per heavy atom. The first-order chi connectivity index (χ1) is 11.2. The first-order valence-electron chi connectivity index (χ1n) is 6.92. The number of hydrogen-bond acceptors (Lipinski definition) is 3. The number of hydrogen-bond donors (Lipinski definition) is 1. The zero-order chi connectivity index (χ0) is 17.8. The number of carboxylic acids is 1. The maximum Gasteiger partial charge on any atom is 0.387 e. The standard InChI is InChI=1S/C15H11F4NO4/c1-5-8(16)2-6-11(13(5)24-15(18)19)20(10-3-9(10)17)4-7(12(6)21)14(22)23/h2,4,9-10,15H,3H2,1H3,(H,22,23)/t9-,10+/m0/s1. The third kappa shape index (κ3) is 2.49. The second-order valence-corrected chi connectivity index (χ2v) is 5.49. The Morgan fingerprint density at radius 2 is 2.08 bits per heavy atom. The van der Waals surface area contributed by atoms with Crippen molar-refractivity contribution >= 4 is 16.9 Å². The molecule has 2 atom stereocenters. The molecule has 1 saturated carbocycles. The van der Waals surface area contributed by atoms with Crippen LogP contribution in [0.5, 0.6) is 5.75 Å². The van der Waals surface area contributed by atoms with Crippen LogP contribution in [0.25, 0.3) is 10.9 Å². The average molecular weight is 345 g/mol. The SMILES string of the molecule is Cc1c(F)cc2c(=O)c(C(=O)O)cn([C@@H]3C[C@@H]3F)c2c1OC(F)F. The molecule has 1 heterocycles. The molecular weight excluding hydrogens is 334 g/mol. The van der Waals surface area contributed by atoms with Gasteiger partial charge in [-0.2, -0.15) is 8.78 Å². The van der Waals surface area contributed by atoms with E-state index < -0.39 is 52.7 Å². The summed E-state index contributed by atoms with van der Waals surface area (Å²) in [5.74, 6) is -3.19. The molecule has 1 aromatic heterocycles. The van der Waals surface area contributed by atoms with Gasteiger partial charge in [0.1, 0.15) is 17.6 Å². The predicted molar refractivity (Wildman–Crippen MR) is 75.0 cm³/mol. The summed E-state index contributed by atoms with van der Waals surface area (Å²) in [6.45, 7) is -2.12. The van der Waals surface area contributed by atoms with Crippen molar-refractivity contribution in [3.05, 3.63) is 39.4 Å². The van der Waals surface area contributed by atoms with Crippen LogP contribution in [0.2, 0.25) is 0 Å². The van der Waals surface area contributed by atoms with Gasteiger partial charge in [0.25, 0.3) is 0 Å². The Morgan fingerprint density at radius 3 is 2.58 bits per heavy atom. The molecule has 1 aliphatic rings.